The molecule has 0 saturated heterocycles. The van der Waals surface area contributed by atoms with Crippen molar-refractivity contribution in [1.29, 1.82) is 0 Å². The summed E-state index contributed by atoms with van der Waals surface area (Å²) >= 11 is 0. The molecule has 0 radical (unpaired) electrons. The Balaban J connectivity index is 2.11. The van der Waals surface area contributed by atoms with Gasteiger partial charge < -0.3 is 10.6 Å². The zero-order chi connectivity index (χ0) is 14.6. The van der Waals surface area contributed by atoms with Crippen molar-refractivity contribution in [2.75, 3.05) is 17.2 Å². The number of rotatable bonds is 5. The Morgan fingerprint density at radius 3 is 2.85 bits per heavy atom. The summed E-state index contributed by atoms with van der Waals surface area (Å²) in [6.45, 7) is 9.84. The van der Waals surface area contributed by atoms with Crippen molar-refractivity contribution in [2.45, 2.75) is 65.8 Å². The van der Waals surface area contributed by atoms with E-state index in [1.54, 1.807) is 0 Å². The molecule has 2 rings (SSSR count). The normalized spacial score (nSPS) is 21.5. The first kappa shape index (κ1) is 15.1. The van der Waals surface area contributed by atoms with Crippen molar-refractivity contribution in [3.05, 3.63) is 11.8 Å². The second kappa shape index (κ2) is 6.42. The highest BCUT2D eigenvalue weighted by molar-refractivity contribution is 5.47. The first-order valence-corrected chi connectivity index (χ1v) is 7.87. The van der Waals surface area contributed by atoms with Crippen LogP contribution in [-0.2, 0) is 0 Å². The Morgan fingerprint density at radius 1 is 1.35 bits per heavy atom. The lowest BCUT2D eigenvalue weighted by Gasteiger charge is -2.39. The molecule has 112 valence electrons. The molecule has 1 aliphatic carbocycles. The molecule has 1 atom stereocenters. The van der Waals surface area contributed by atoms with Crippen LogP contribution in [0.2, 0.25) is 0 Å². The third-order valence-corrected chi connectivity index (χ3v) is 4.32. The molecule has 1 aromatic rings. The molecule has 0 aromatic carbocycles. The molecule has 1 aliphatic rings. The second-order valence-corrected chi connectivity index (χ2v) is 6.58. The van der Waals surface area contributed by atoms with E-state index < -0.39 is 0 Å². The van der Waals surface area contributed by atoms with E-state index in [0.29, 0.717) is 11.5 Å². The van der Waals surface area contributed by atoms with Gasteiger partial charge in [0.05, 0.1) is 0 Å². The average Bonchev–Trinajstić information content (AvgIpc) is 2.41. The number of aryl methyl sites for hydroxylation is 1. The van der Waals surface area contributed by atoms with Gasteiger partial charge in [0.25, 0.3) is 0 Å². The van der Waals surface area contributed by atoms with Gasteiger partial charge in [-0.2, -0.15) is 4.98 Å². The van der Waals surface area contributed by atoms with E-state index in [9.17, 15) is 0 Å². The minimum Gasteiger partial charge on any atom is -0.366 e. The fourth-order valence-electron chi connectivity index (χ4n) is 2.84. The van der Waals surface area contributed by atoms with E-state index >= 15 is 0 Å². The van der Waals surface area contributed by atoms with Crippen molar-refractivity contribution >= 4 is 11.8 Å². The number of nitrogens with zero attached hydrogens (tertiary/aromatic N) is 2. The lowest BCUT2D eigenvalue weighted by molar-refractivity contribution is 0.216. The lowest BCUT2D eigenvalue weighted by Crippen LogP contribution is -2.39. The summed E-state index contributed by atoms with van der Waals surface area (Å²) in [5.41, 5.74) is 1.46. The summed E-state index contributed by atoms with van der Waals surface area (Å²) in [6, 6.07) is 0.504. The summed E-state index contributed by atoms with van der Waals surface area (Å²) in [7, 11) is 0. The van der Waals surface area contributed by atoms with Gasteiger partial charge in [-0.25, -0.2) is 4.98 Å². The predicted molar refractivity (Wildman–Crippen MR) is 85.2 cm³/mol. The van der Waals surface area contributed by atoms with Crippen LogP contribution in [0.3, 0.4) is 0 Å². The highest BCUT2D eigenvalue weighted by Gasteiger charge is 2.32. The summed E-state index contributed by atoms with van der Waals surface area (Å²) < 4.78 is 0. The molecule has 1 heterocycles. The number of hydrogen-bond donors (Lipinski definition) is 2. The molecular formula is C16H28N4. The van der Waals surface area contributed by atoms with Gasteiger partial charge >= 0.3 is 0 Å². The standard InChI is InChI=1S/C16H28N4/c1-5-10-17-15-18-11-12(2)14(20-15)19-13-8-6-7-9-16(13,3)4/h11,13H,5-10H2,1-4H3,(H2,17,18,19,20). The minimum absolute atomic E-state index is 0.340. The van der Waals surface area contributed by atoms with Crippen LogP contribution in [0, 0.1) is 12.3 Å². The quantitative estimate of drug-likeness (QED) is 0.854. The Morgan fingerprint density at radius 2 is 2.15 bits per heavy atom. The first-order chi connectivity index (χ1) is 9.53. The molecule has 1 saturated carbocycles. The maximum Gasteiger partial charge on any atom is 0.224 e. The number of anilines is 2. The monoisotopic (exact) mass is 276 g/mol. The molecule has 20 heavy (non-hydrogen) atoms. The molecule has 2 N–H and O–H groups in total. The third-order valence-electron chi connectivity index (χ3n) is 4.32. The van der Waals surface area contributed by atoms with E-state index in [1.165, 1.54) is 25.7 Å². The summed E-state index contributed by atoms with van der Waals surface area (Å²) in [6.07, 6.45) is 8.16. The highest BCUT2D eigenvalue weighted by atomic mass is 15.1. The van der Waals surface area contributed by atoms with Crippen LogP contribution in [0.15, 0.2) is 6.20 Å². The van der Waals surface area contributed by atoms with Gasteiger partial charge in [-0.15, -0.1) is 0 Å². The Bertz CT molecular complexity index is 442. The molecule has 0 amide bonds. The van der Waals surface area contributed by atoms with Gasteiger partial charge in [0.15, 0.2) is 0 Å². The topological polar surface area (TPSA) is 49.8 Å². The van der Waals surface area contributed by atoms with Crippen LogP contribution in [0.4, 0.5) is 11.8 Å². The maximum absolute atomic E-state index is 4.64. The van der Waals surface area contributed by atoms with Gasteiger partial charge in [0.1, 0.15) is 5.82 Å². The Kier molecular flexibility index (Phi) is 4.84. The zero-order valence-electron chi connectivity index (χ0n) is 13.3. The minimum atomic E-state index is 0.340. The molecule has 1 fully saturated rings. The third kappa shape index (κ3) is 3.62. The van der Waals surface area contributed by atoms with Gasteiger partial charge in [0.2, 0.25) is 5.95 Å². The number of hydrogen-bond acceptors (Lipinski definition) is 4. The molecule has 4 heteroatoms. The van der Waals surface area contributed by atoms with Gasteiger partial charge in [-0.3, -0.25) is 0 Å². The molecule has 1 unspecified atom stereocenters. The molecule has 0 bridgehead atoms. The first-order valence-electron chi connectivity index (χ1n) is 7.87. The number of aromatic nitrogens is 2. The van der Waals surface area contributed by atoms with E-state index in [0.717, 1.165) is 30.3 Å². The van der Waals surface area contributed by atoms with E-state index in [-0.39, 0.29) is 0 Å². The SMILES string of the molecule is CCCNc1ncc(C)c(NC2CCCCC2(C)C)n1. The average molecular weight is 276 g/mol. The highest BCUT2D eigenvalue weighted by Crippen LogP contribution is 2.37. The molecule has 1 aromatic heterocycles. The van der Waals surface area contributed by atoms with Gasteiger partial charge in [0, 0.05) is 24.3 Å². The summed E-state index contributed by atoms with van der Waals surface area (Å²) in [4.78, 5) is 8.98. The van der Waals surface area contributed by atoms with Crippen molar-refractivity contribution < 1.29 is 0 Å². The molecular weight excluding hydrogens is 248 g/mol. The second-order valence-electron chi connectivity index (χ2n) is 6.58. The van der Waals surface area contributed by atoms with Crippen molar-refractivity contribution in [2.24, 2.45) is 5.41 Å². The van der Waals surface area contributed by atoms with E-state index in [4.69, 9.17) is 0 Å². The largest absolute Gasteiger partial charge is 0.366 e. The van der Waals surface area contributed by atoms with Crippen molar-refractivity contribution in [3.8, 4) is 0 Å². The van der Waals surface area contributed by atoms with Gasteiger partial charge in [-0.05, 0) is 31.6 Å². The molecule has 0 spiro atoms. The van der Waals surface area contributed by atoms with Crippen LogP contribution in [-0.4, -0.2) is 22.6 Å². The van der Waals surface area contributed by atoms with Crippen LogP contribution < -0.4 is 10.6 Å². The van der Waals surface area contributed by atoms with Crippen molar-refractivity contribution in [3.63, 3.8) is 0 Å². The van der Waals surface area contributed by atoms with Crippen LogP contribution >= 0.6 is 0 Å². The zero-order valence-corrected chi connectivity index (χ0v) is 13.3. The molecule has 0 aliphatic heterocycles. The maximum atomic E-state index is 4.64. The van der Waals surface area contributed by atoms with Crippen LogP contribution in [0.1, 0.15) is 58.4 Å². The summed E-state index contributed by atoms with van der Waals surface area (Å²) in [5.74, 6) is 1.71. The summed E-state index contributed by atoms with van der Waals surface area (Å²) in [5, 5.41) is 6.92. The lowest BCUT2D eigenvalue weighted by atomic mass is 9.73. The Labute approximate surface area is 122 Å². The van der Waals surface area contributed by atoms with Crippen LogP contribution in [0.25, 0.3) is 0 Å². The fourth-order valence-corrected chi connectivity index (χ4v) is 2.84. The van der Waals surface area contributed by atoms with Crippen LogP contribution in [0.5, 0.6) is 0 Å². The van der Waals surface area contributed by atoms with E-state index in [1.807, 2.05) is 6.20 Å². The van der Waals surface area contributed by atoms with Crippen molar-refractivity contribution in [1.82, 2.24) is 9.97 Å². The number of nitrogens with one attached hydrogen (secondary N) is 2. The van der Waals surface area contributed by atoms with E-state index in [2.05, 4.69) is 48.3 Å². The van der Waals surface area contributed by atoms with Gasteiger partial charge in [-0.1, -0.05) is 33.6 Å². The molecule has 4 nitrogen and oxygen atoms in total. The smallest absolute Gasteiger partial charge is 0.224 e. The fraction of sp³-hybridized carbons (Fsp3) is 0.750. The predicted octanol–water partition coefficient (Wildman–Crippen LogP) is 3.99. The Hall–Kier alpha value is -1.32.